The Hall–Kier alpha value is -3.16. The Balaban J connectivity index is 1.33. The van der Waals surface area contributed by atoms with Crippen LogP contribution in [0.4, 0.5) is 5.69 Å². The van der Waals surface area contributed by atoms with Gasteiger partial charge in [0.25, 0.3) is 0 Å². The standard InChI is InChI=1S/C23H19ClN6S/c1-2-12-30-20-6-4-3-5-17(20)21-22(30)27-23(29-28-21)31-13-11-26-18-9-10-25-19-14-15(24)7-8-16(18)19/h2-10,14H,1,11-13H2,(H,25,26). The van der Waals surface area contributed by atoms with Crippen molar-refractivity contribution in [2.45, 2.75) is 11.7 Å². The fourth-order valence-corrected chi connectivity index (χ4v) is 4.47. The van der Waals surface area contributed by atoms with Gasteiger partial charge in [0.1, 0.15) is 5.52 Å². The molecule has 0 aliphatic rings. The van der Waals surface area contributed by atoms with Crippen molar-refractivity contribution >= 4 is 62.0 Å². The van der Waals surface area contributed by atoms with Crippen LogP contribution >= 0.6 is 23.4 Å². The lowest BCUT2D eigenvalue weighted by Gasteiger charge is -2.09. The Morgan fingerprint density at radius 3 is 2.90 bits per heavy atom. The van der Waals surface area contributed by atoms with Gasteiger partial charge in [-0.25, -0.2) is 4.98 Å². The van der Waals surface area contributed by atoms with Crippen molar-refractivity contribution in [2.75, 3.05) is 17.6 Å². The maximum Gasteiger partial charge on any atom is 0.211 e. The summed E-state index contributed by atoms with van der Waals surface area (Å²) in [5, 5.41) is 15.7. The molecule has 154 valence electrons. The van der Waals surface area contributed by atoms with Crippen molar-refractivity contribution in [1.29, 1.82) is 0 Å². The number of fused-ring (bicyclic) bond motifs is 4. The highest BCUT2D eigenvalue weighted by Gasteiger charge is 2.14. The number of rotatable bonds is 7. The van der Waals surface area contributed by atoms with E-state index in [0.717, 1.165) is 51.0 Å². The van der Waals surface area contributed by atoms with Crippen LogP contribution in [0.3, 0.4) is 0 Å². The van der Waals surface area contributed by atoms with Crippen LogP contribution in [0.1, 0.15) is 0 Å². The third-order valence-corrected chi connectivity index (χ3v) is 6.09. The summed E-state index contributed by atoms with van der Waals surface area (Å²) in [6.45, 7) is 5.31. The summed E-state index contributed by atoms with van der Waals surface area (Å²) in [6, 6.07) is 15.9. The molecule has 3 aromatic heterocycles. The van der Waals surface area contributed by atoms with E-state index in [9.17, 15) is 0 Å². The third-order valence-electron chi connectivity index (χ3n) is 5.02. The summed E-state index contributed by atoms with van der Waals surface area (Å²) in [4.78, 5) is 9.17. The molecule has 0 aliphatic carbocycles. The summed E-state index contributed by atoms with van der Waals surface area (Å²) in [7, 11) is 0. The molecule has 3 heterocycles. The van der Waals surface area contributed by atoms with E-state index in [1.807, 2.05) is 42.5 Å². The molecule has 0 saturated carbocycles. The van der Waals surface area contributed by atoms with Gasteiger partial charge in [0.2, 0.25) is 5.16 Å². The Labute approximate surface area is 188 Å². The van der Waals surface area contributed by atoms with Crippen molar-refractivity contribution in [1.82, 2.24) is 24.7 Å². The van der Waals surface area contributed by atoms with Gasteiger partial charge in [0, 0.05) is 46.5 Å². The van der Waals surface area contributed by atoms with Crippen LogP contribution in [0.25, 0.3) is 33.0 Å². The second-order valence-electron chi connectivity index (χ2n) is 6.98. The minimum absolute atomic E-state index is 0.661. The second kappa shape index (κ2) is 8.53. The van der Waals surface area contributed by atoms with Gasteiger partial charge in [-0.05, 0) is 30.3 Å². The molecule has 0 radical (unpaired) electrons. The van der Waals surface area contributed by atoms with E-state index >= 15 is 0 Å². The average Bonchev–Trinajstić information content (AvgIpc) is 3.10. The van der Waals surface area contributed by atoms with Crippen molar-refractivity contribution in [2.24, 2.45) is 0 Å². The molecule has 0 atom stereocenters. The quantitative estimate of drug-likeness (QED) is 0.200. The number of benzene rings is 2. The normalized spacial score (nSPS) is 11.4. The van der Waals surface area contributed by atoms with E-state index < -0.39 is 0 Å². The smallest absolute Gasteiger partial charge is 0.211 e. The minimum atomic E-state index is 0.661. The van der Waals surface area contributed by atoms with E-state index in [4.69, 9.17) is 16.6 Å². The number of hydrogen-bond donors (Lipinski definition) is 1. The molecule has 6 nitrogen and oxygen atoms in total. The lowest BCUT2D eigenvalue weighted by molar-refractivity contribution is 0.828. The minimum Gasteiger partial charge on any atom is -0.384 e. The highest BCUT2D eigenvalue weighted by molar-refractivity contribution is 7.99. The summed E-state index contributed by atoms with van der Waals surface area (Å²) in [5.74, 6) is 0.798. The van der Waals surface area contributed by atoms with Gasteiger partial charge in [0.05, 0.1) is 11.0 Å². The molecule has 31 heavy (non-hydrogen) atoms. The zero-order valence-electron chi connectivity index (χ0n) is 16.6. The summed E-state index contributed by atoms with van der Waals surface area (Å²) < 4.78 is 2.13. The molecule has 0 fully saturated rings. The molecule has 0 amide bonds. The number of pyridine rings is 1. The van der Waals surface area contributed by atoms with Gasteiger partial charge in [-0.1, -0.05) is 47.6 Å². The van der Waals surface area contributed by atoms with Crippen molar-refractivity contribution < 1.29 is 0 Å². The molecular weight excluding hydrogens is 428 g/mol. The first-order chi connectivity index (χ1) is 15.2. The molecule has 0 unspecified atom stereocenters. The molecule has 0 aliphatic heterocycles. The molecule has 5 rings (SSSR count). The van der Waals surface area contributed by atoms with Gasteiger partial charge in [-0.3, -0.25) is 4.98 Å². The van der Waals surface area contributed by atoms with Crippen LogP contribution in [0, 0.1) is 0 Å². The predicted octanol–water partition coefficient (Wildman–Crippen LogP) is 5.57. The molecule has 1 N–H and O–H groups in total. The molecule has 0 saturated heterocycles. The first-order valence-corrected chi connectivity index (χ1v) is 11.2. The van der Waals surface area contributed by atoms with Gasteiger partial charge in [-0.2, -0.15) is 0 Å². The first-order valence-electron chi connectivity index (χ1n) is 9.88. The number of thioether (sulfide) groups is 1. The van der Waals surface area contributed by atoms with E-state index in [0.29, 0.717) is 16.7 Å². The van der Waals surface area contributed by atoms with Crippen LogP contribution in [0.5, 0.6) is 0 Å². The van der Waals surface area contributed by atoms with E-state index in [1.54, 1.807) is 18.0 Å². The Morgan fingerprint density at radius 2 is 2.00 bits per heavy atom. The van der Waals surface area contributed by atoms with Crippen LogP contribution < -0.4 is 5.32 Å². The second-order valence-corrected chi connectivity index (χ2v) is 8.48. The Kier molecular flexibility index (Phi) is 5.44. The SMILES string of the molecule is C=CCn1c2ccccc2c2nnc(SCCNc3ccnc4cc(Cl)ccc34)nc21. The predicted molar refractivity (Wildman–Crippen MR) is 129 cm³/mol. The number of nitrogens with one attached hydrogen (secondary N) is 1. The Bertz CT molecular complexity index is 1410. The van der Waals surface area contributed by atoms with Crippen LogP contribution in [0.15, 0.2) is 72.5 Å². The number of nitrogens with zero attached hydrogens (tertiary/aromatic N) is 5. The zero-order chi connectivity index (χ0) is 21.2. The first kappa shape index (κ1) is 19.8. The summed E-state index contributed by atoms with van der Waals surface area (Å²) in [5.41, 5.74) is 4.65. The van der Waals surface area contributed by atoms with Crippen molar-refractivity contribution in [3.63, 3.8) is 0 Å². The highest BCUT2D eigenvalue weighted by atomic mass is 35.5. The maximum atomic E-state index is 6.07. The van der Waals surface area contributed by atoms with Gasteiger partial charge in [-0.15, -0.1) is 16.8 Å². The molecule has 0 spiro atoms. The number of halogens is 1. The summed E-state index contributed by atoms with van der Waals surface area (Å²) in [6.07, 6.45) is 3.66. The molecule has 0 bridgehead atoms. The van der Waals surface area contributed by atoms with Crippen LogP contribution in [-0.2, 0) is 6.54 Å². The summed E-state index contributed by atoms with van der Waals surface area (Å²) >= 11 is 7.65. The molecule has 5 aromatic rings. The van der Waals surface area contributed by atoms with Gasteiger partial charge in [0.15, 0.2) is 5.65 Å². The van der Waals surface area contributed by atoms with E-state index in [-0.39, 0.29) is 0 Å². The van der Waals surface area contributed by atoms with Crippen LogP contribution in [0.2, 0.25) is 5.02 Å². The number of hydrogen-bond acceptors (Lipinski definition) is 6. The van der Waals surface area contributed by atoms with Gasteiger partial charge >= 0.3 is 0 Å². The van der Waals surface area contributed by atoms with Crippen molar-refractivity contribution in [3.05, 3.63) is 72.4 Å². The largest absolute Gasteiger partial charge is 0.384 e. The number of allylic oxidation sites excluding steroid dienone is 1. The Morgan fingerprint density at radius 1 is 1.10 bits per heavy atom. The van der Waals surface area contributed by atoms with E-state index in [2.05, 4.69) is 43.8 Å². The average molecular weight is 447 g/mol. The zero-order valence-corrected chi connectivity index (χ0v) is 18.2. The fourth-order valence-electron chi connectivity index (χ4n) is 3.67. The lowest BCUT2D eigenvalue weighted by atomic mass is 10.2. The highest BCUT2D eigenvalue weighted by Crippen LogP contribution is 2.27. The maximum absolute atomic E-state index is 6.07. The molecule has 8 heteroatoms. The molecular formula is C23H19ClN6S. The topological polar surface area (TPSA) is 68.5 Å². The third kappa shape index (κ3) is 3.82. The lowest BCUT2D eigenvalue weighted by Crippen LogP contribution is -2.06. The number of aromatic nitrogens is 5. The van der Waals surface area contributed by atoms with Crippen LogP contribution in [-0.4, -0.2) is 37.0 Å². The monoisotopic (exact) mass is 446 g/mol. The fraction of sp³-hybridized carbons (Fsp3) is 0.130. The molecule has 2 aromatic carbocycles. The number of anilines is 1. The van der Waals surface area contributed by atoms with Gasteiger partial charge < -0.3 is 9.88 Å². The van der Waals surface area contributed by atoms with Crippen molar-refractivity contribution in [3.8, 4) is 0 Å². The number of para-hydroxylation sites is 1. The van der Waals surface area contributed by atoms with E-state index in [1.165, 1.54) is 0 Å².